The minimum absolute atomic E-state index is 0.127. The second-order valence-electron chi connectivity index (χ2n) is 4.84. The van der Waals surface area contributed by atoms with Crippen LogP contribution in [0.3, 0.4) is 0 Å². The van der Waals surface area contributed by atoms with Gasteiger partial charge in [0.25, 0.3) is 0 Å². The molecule has 1 fully saturated rings. The predicted octanol–water partition coefficient (Wildman–Crippen LogP) is 3.97. The van der Waals surface area contributed by atoms with E-state index in [0.717, 1.165) is 12.1 Å². The fourth-order valence-electron chi connectivity index (χ4n) is 3.00. The molecule has 1 atom stereocenters. The van der Waals surface area contributed by atoms with Gasteiger partial charge in [0.2, 0.25) is 0 Å². The zero-order valence-corrected chi connectivity index (χ0v) is 10.4. The molecule has 4 heteroatoms. The van der Waals surface area contributed by atoms with Crippen LogP contribution < -0.4 is 0 Å². The van der Waals surface area contributed by atoms with E-state index < -0.39 is 22.9 Å². The Balaban J connectivity index is 2.42. The van der Waals surface area contributed by atoms with Crippen LogP contribution in [0.4, 0.5) is 13.2 Å². The molecule has 0 saturated heterocycles. The summed E-state index contributed by atoms with van der Waals surface area (Å²) < 4.78 is 39.3. The summed E-state index contributed by atoms with van der Waals surface area (Å²) in [6.07, 6.45) is 1.55. The van der Waals surface area contributed by atoms with Gasteiger partial charge in [-0.25, -0.2) is 13.2 Å². The van der Waals surface area contributed by atoms with E-state index in [9.17, 15) is 18.0 Å². The van der Waals surface area contributed by atoms with Gasteiger partial charge in [0.1, 0.15) is 5.78 Å². The lowest BCUT2D eigenvalue weighted by atomic mass is 9.54. The third kappa shape index (κ3) is 1.66. The smallest absolute Gasteiger partial charge is 0.194 e. The Morgan fingerprint density at radius 1 is 1.17 bits per heavy atom. The zero-order valence-electron chi connectivity index (χ0n) is 10.4. The second-order valence-corrected chi connectivity index (χ2v) is 4.84. The maximum Gasteiger partial charge on any atom is 0.194 e. The highest BCUT2D eigenvalue weighted by Gasteiger charge is 2.52. The highest BCUT2D eigenvalue weighted by atomic mass is 19.2. The van der Waals surface area contributed by atoms with Crippen LogP contribution in [-0.2, 0) is 4.79 Å². The molecule has 0 N–H and O–H groups in total. The van der Waals surface area contributed by atoms with Gasteiger partial charge >= 0.3 is 0 Å². The number of carbonyl (C=O) groups excluding carboxylic acids is 1. The van der Waals surface area contributed by atoms with Gasteiger partial charge < -0.3 is 0 Å². The first-order valence-electron chi connectivity index (χ1n) is 6.14. The molecule has 0 aromatic heterocycles. The van der Waals surface area contributed by atoms with Crippen molar-refractivity contribution in [1.29, 1.82) is 0 Å². The third-order valence-electron chi connectivity index (χ3n) is 4.28. The first-order chi connectivity index (χ1) is 8.46. The molecule has 0 radical (unpaired) electrons. The first kappa shape index (κ1) is 13.1. The standard InChI is InChI=1S/C14H15F3O/c1-3-14(4-2)9(7-12(14)18)8-5-10(15)13(17)11(16)6-8/h5-6,9H,3-4,7H2,1-2H3. The Hall–Kier alpha value is -1.32. The van der Waals surface area contributed by atoms with Gasteiger partial charge in [-0.15, -0.1) is 0 Å². The summed E-state index contributed by atoms with van der Waals surface area (Å²) in [6.45, 7) is 3.79. The Morgan fingerprint density at radius 2 is 1.67 bits per heavy atom. The fourth-order valence-corrected chi connectivity index (χ4v) is 3.00. The quantitative estimate of drug-likeness (QED) is 0.748. The van der Waals surface area contributed by atoms with Crippen LogP contribution in [0.5, 0.6) is 0 Å². The molecule has 18 heavy (non-hydrogen) atoms. The summed E-state index contributed by atoms with van der Waals surface area (Å²) in [5, 5.41) is 0. The molecular weight excluding hydrogens is 241 g/mol. The Morgan fingerprint density at radius 3 is 2.06 bits per heavy atom. The average Bonchev–Trinajstić information content (AvgIpc) is 2.34. The molecule has 1 aromatic carbocycles. The molecule has 98 valence electrons. The monoisotopic (exact) mass is 256 g/mol. The number of hydrogen-bond acceptors (Lipinski definition) is 1. The molecule has 0 spiro atoms. The number of carbonyl (C=O) groups is 1. The highest BCUT2D eigenvalue weighted by molar-refractivity contribution is 5.93. The molecule has 0 bridgehead atoms. The van der Waals surface area contributed by atoms with Gasteiger partial charge in [-0.3, -0.25) is 4.79 Å². The van der Waals surface area contributed by atoms with Crippen molar-refractivity contribution < 1.29 is 18.0 Å². The van der Waals surface area contributed by atoms with Gasteiger partial charge in [-0.05, 0) is 30.5 Å². The molecule has 0 heterocycles. The van der Waals surface area contributed by atoms with E-state index >= 15 is 0 Å². The van der Waals surface area contributed by atoms with Crippen molar-refractivity contribution >= 4 is 5.78 Å². The van der Waals surface area contributed by atoms with Gasteiger partial charge in [0, 0.05) is 17.8 Å². The SMILES string of the molecule is CCC1(CC)C(=O)CC1c1cc(F)c(F)c(F)c1. The van der Waals surface area contributed by atoms with Crippen LogP contribution in [0.2, 0.25) is 0 Å². The highest BCUT2D eigenvalue weighted by Crippen LogP contribution is 2.54. The molecule has 0 aliphatic heterocycles. The lowest BCUT2D eigenvalue weighted by Crippen LogP contribution is -2.47. The van der Waals surface area contributed by atoms with E-state index in [4.69, 9.17) is 0 Å². The summed E-state index contributed by atoms with van der Waals surface area (Å²) in [4.78, 5) is 11.8. The van der Waals surface area contributed by atoms with Gasteiger partial charge in [-0.2, -0.15) is 0 Å². The molecule has 1 saturated carbocycles. The molecule has 1 nitrogen and oxygen atoms in total. The fraction of sp³-hybridized carbons (Fsp3) is 0.500. The van der Waals surface area contributed by atoms with E-state index in [1.54, 1.807) is 0 Å². The zero-order chi connectivity index (χ0) is 13.5. The predicted molar refractivity (Wildman–Crippen MR) is 61.7 cm³/mol. The summed E-state index contributed by atoms with van der Waals surface area (Å²) in [6, 6.07) is 2.02. The minimum Gasteiger partial charge on any atom is -0.299 e. The summed E-state index contributed by atoms with van der Waals surface area (Å²) >= 11 is 0. The molecular formula is C14H15F3O. The van der Waals surface area contributed by atoms with Crippen molar-refractivity contribution in [3.05, 3.63) is 35.1 Å². The Bertz CT molecular complexity index is 469. The first-order valence-corrected chi connectivity index (χ1v) is 6.14. The van der Waals surface area contributed by atoms with Gasteiger partial charge in [0.15, 0.2) is 17.5 Å². The maximum atomic E-state index is 13.2. The summed E-state index contributed by atoms with van der Waals surface area (Å²) in [5.74, 6) is -3.91. The van der Waals surface area contributed by atoms with Gasteiger partial charge in [-0.1, -0.05) is 13.8 Å². The maximum absolute atomic E-state index is 13.2. The van der Waals surface area contributed by atoms with Crippen molar-refractivity contribution in [2.75, 3.05) is 0 Å². The van der Waals surface area contributed by atoms with E-state index in [0.29, 0.717) is 18.4 Å². The largest absolute Gasteiger partial charge is 0.299 e. The van der Waals surface area contributed by atoms with Crippen molar-refractivity contribution in [3.8, 4) is 0 Å². The van der Waals surface area contributed by atoms with Crippen LogP contribution in [0.25, 0.3) is 0 Å². The van der Waals surface area contributed by atoms with Crippen LogP contribution in [0.1, 0.15) is 44.6 Å². The van der Waals surface area contributed by atoms with Crippen LogP contribution in [-0.4, -0.2) is 5.78 Å². The van der Waals surface area contributed by atoms with Crippen molar-refractivity contribution in [2.24, 2.45) is 5.41 Å². The lowest BCUT2D eigenvalue weighted by molar-refractivity contribution is -0.141. The number of hydrogen-bond donors (Lipinski definition) is 0. The number of rotatable bonds is 3. The normalized spacial score (nSPS) is 21.8. The third-order valence-corrected chi connectivity index (χ3v) is 4.28. The summed E-state index contributed by atoms with van der Waals surface area (Å²) in [7, 11) is 0. The van der Waals surface area contributed by atoms with E-state index in [1.165, 1.54) is 0 Å². The minimum atomic E-state index is -1.46. The number of ketones is 1. The number of benzene rings is 1. The lowest BCUT2D eigenvalue weighted by Gasteiger charge is -2.47. The van der Waals surface area contributed by atoms with Crippen molar-refractivity contribution in [3.63, 3.8) is 0 Å². The van der Waals surface area contributed by atoms with Gasteiger partial charge in [0.05, 0.1) is 0 Å². The molecule has 2 rings (SSSR count). The number of Topliss-reactive ketones (excluding diaryl/α,β-unsaturated/α-hetero) is 1. The average molecular weight is 256 g/mol. The second kappa shape index (κ2) is 4.41. The van der Waals surface area contributed by atoms with E-state index in [1.807, 2.05) is 13.8 Å². The van der Waals surface area contributed by atoms with E-state index in [2.05, 4.69) is 0 Å². The van der Waals surface area contributed by atoms with Crippen LogP contribution in [0, 0.1) is 22.9 Å². The van der Waals surface area contributed by atoms with Crippen molar-refractivity contribution in [1.82, 2.24) is 0 Å². The topological polar surface area (TPSA) is 17.1 Å². The van der Waals surface area contributed by atoms with E-state index in [-0.39, 0.29) is 18.1 Å². The van der Waals surface area contributed by atoms with Crippen molar-refractivity contribution in [2.45, 2.75) is 39.0 Å². The molecule has 1 aromatic rings. The molecule has 0 amide bonds. The summed E-state index contributed by atoms with van der Waals surface area (Å²) in [5.41, 5.74) is -0.147. The van der Waals surface area contributed by atoms with Crippen LogP contribution in [0.15, 0.2) is 12.1 Å². The molecule has 1 aliphatic rings. The Kier molecular flexibility index (Phi) is 3.21. The van der Waals surface area contributed by atoms with Crippen LogP contribution >= 0.6 is 0 Å². The molecule has 1 unspecified atom stereocenters. The molecule has 1 aliphatic carbocycles. The Labute approximate surface area is 104 Å². The number of halogens is 3.